The van der Waals surface area contributed by atoms with Gasteiger partial charge < -0.3 is 10.2 Å². The number of hydrogen-bond acceptors (Lipinski definition) is 3. The number of carboxylic acid groups (broad SMARTS) is 1. The van der Waals surface area contributed by atoms with Gasteiger partial charge in [-0.05, 0) is 50.0 Å². The summed E-state index contributed by atoms with van der Waals surface area (Å²) in [6.07, 6.45) is 12.1. The SMILES string of the molecule is CCCCCC(O)(CC[C@H]1CCC(=O)[C@@H]1CCCCCCC(=O)O)c1ccccc1. The van der Waals surface area contributed by atoms with Crippen LogP contribution >= 0.6 is 0 Å². The predicted molar refractivity (Wildman–Crippen MR) is 120 cm³/mol. The molecule has 0 aromatic heterocycles. The number of rotatable bonds is 15. The molecule has 4 nitrogen and oxygen atoms in total. The van der Waals surface area contributed by atoms with Gasteiger partial charge in [0.1, 0.15) is 5.78 Å². The summed E-state index contributed by atoms with van der Waals surface area (Å²) in [5.74, 6) is 0.156. The summed E-state index contributed by atoms with van der Waals surface area (Å²) in [6, 6.07) is 10.0. The van der Waals surface area contributed by atoms with Crippen LogP contribution < -0.4 is 0 Å². The van der Waals surface area contributed by atoms with Gasteiger partial charge in [0.15, 0.2) is 0 Å². The second-order valence-corrected chi connectivity index (χ2v) is 9.11. The first-order valence-electron chi connectivity index (χ1n) is 12.0. The summed E-state index contributed by atoms with van der Waals surface area (Å²) in [5, 5.41) is 20.2. The van der Waals surface area contributed by atoms with Crippen LogP contribution in [0.3, 0.4) is 0 Å². The van der Waals surface area contributed by atoms with Gasteiger partial charge >= 0.3 is 5.97 Å². The number of hydrogen-bond donors (Lipinski definition) is 2. The molecule has 0 spiro atoms. The van der Waals surface area contributed by atoms with Crippen LogP contribution in [0, 0.1) is 11.8 Å². The summed E-state index contributed by atoms with van der Waals surface area (Å²) >= 11 is 0. The third kappa shape index (κ3) is 7.86. The molecule has 2 rings (SSSR count). The molecule has 1 unspecified atom stereocenters. The zero-order valence-corrected chi connectivity index (χ0v) is 18.7. The van der Waals surface area contributed by atoms with Crippen molar-refractivity contribution in [2.75, 3.05) is 0 Å². The largest absolute Gasteiger partial charge is 0.481 e. The van der Waals surface area contributed by atoms with Crippen molar-refractivity contribution >= 4 is 11.8 Å². The number of benzene rings is 1. The third-order valence-corrected chi connectivity index (χ3v) is 6.83. The molecule has 1 aliphatic carbocycles. The van der Waals surface area contributed by atoms with Crippen molar-refractivity contribution in [1.29, 1.82) is 0 Å². The predicted octanol–water partition coefficient (Wildman–Crippen LogP) is 6.26. The van der Waals surface area contributed by atoms with Gasteiger partial charge in [0.25, 0.3) is 0 Å². The second kappa shape index (κ2) is 12.9. The highest BCUT2D eigenvalue weighted by Crippen LogP contribution is 2.40. The minimum atomic E-state index is -0.802. The molecule has 0 bridgehead atoms. The van der Waals surface area contributed by atoms with Crippen LogP contribution in [0.15, 0.2) is 30.3 Å². The van der Waals surface area contributed by atoms with Crippen LogP contribution in [0.1, 0.15) is 102 Å². The number of Topliss-reactive ketones (excluding diaryl/α,β-unsaturated/α-hetero) is 1. The quantitative estimate of drug-likeness (QED) is 0.331. The average molecular weight is 417 g/mol. The van der Waals surface area contributed by atoms with Crippen molar-refractivity contribution in [3.05, 3.63) is 35.9 Å². The Bertz CT molecular complexity index is 642. The number of unbranched alkanes of at least 4 members (excludes halogenated alkanes) is 5. The van der Waals surface area contributed by atoms with Crippen molar-refractivity contribution < 1.29 is 19.8 Å². The molecule has 1 aliphatic rings. The Morgan fingerprint density at radius 2 is 1.73 bits per heavy atom. The first-order chi connectivity index (χ1) is 14.5. The van der Waals surface area contributed by atoms with Gasteiger partial charge in [-0.3, -0.25) is 9.59 Å². The summed E-state index contributed by atoms with van der Waals surface area (Å²) < 4.78 is 0. The van der Waals surface area contributed by atoms with E-state index in [2.05, 4.69) is 6.92 Å². The fourth-order valence-electron chi connectivity index (χ4n) is 4.97. The summed E-state index contributed by atoms with van der Waals surface area (Å²) in [6.45, 7) is 2.18. The molecule has 1 fully saturated rings. The molecule has 3 atom stereocenters. The van der Waals surface area contributed by atoms with Gasteiger partial charge in [0.2, 0.25) is 0 Å². The van der Waals surface area contributed by atoms with Crippen LogP contribution in [0.5, 0.6) is 0 Å². The van der Waals surface area contributed by atoms with Crippen LogP contribution in [-0.2, 0) is 15.2 Å². The van der Waals surface area contributed by atoms with E-state index < -0.39 is 11.6 Å². The number of carbonyl (C=O) groups is 2. The van der Waals surface area contributed by atoms with Gasteiger partial charge in [-0.1, -0.05) is 75.8 Å². The van der Waals surface area contributed by atoms with Gasteiger partial charge in [-0.15, -0.1) is 0 Å². The first kappa shape index (κ1) is 24.6. The van der Waals surface area contributed by atoms with Gasteiger partial charge in [-0.25, -0.2) is 0 Å². The highest BCUT2D eigenvalue weighted by atomic mass is 16.4. The zero-order valence-electron chi connectivity index (χ0n) is 18.7. The molecule has 0 radical (unpaired) electrons. The lowest BCUT2D eigenvalue weighted by molar-refractivity contribution is -0.137. The number of aliphatic hydroxyl groups is 1. The fraction of sp³-hybridized carbons (Fsp3) is 0.692. The highest BCUT2D eigenvalue weighted by molar-refractivity contribution is 5.83. The van der Waals surface area contributed by atoms with E-state index in [9.17, 15) is 14.7 Å². The number of ketones is 1. The topological polar surface area (TPSA) is 74.6 Å². The Kier molecular flexibility index (Phi) is 10.6. The van der Waals surface area contributed by atoms with Crippen LogP contribution in [0.25, 0.3) is 0 Å². The van der Waals surface area contributed by atoms with Gasteiger partial charge in [-0.2, -0.15) is 0 Å². The van der Waals surface area contributed by atoms with E-state index in [1.54, 1.807) is 0 Å². The van der Waals surface area contributed by atoms with Crippen molar-refractivity contribution in [1.82, 2.24) is 0 Å². The lowest BCUT2D eigenvalue weighted by atomic mass is 9.79. The molecule has 1 saturated carbocycles. The molecule has 30 heavy (non-hydrogen) atoms. The Morgan fingerprint density at radius 3 is 2.43 bits per heavy atom. The van der Waals surface area contributed by atoms with Crippen LogP contribution in [-0.4, -0.2) is 22.0 Å². The highest BCUT2D eigenvalue weighted by Gasteiger charge is 2.36. The average Bonchev–Trinajstić information content (AvgIpc) is 3.09. The molecule has 4 heteroatoms. The molecular weight excluding hydrogens is 376 g/mol. The minimum absolute atomic E-state index is 0.125. The van der Waals surface area contributed by atoms with Crippen molar-refractivity contribution in [2.45, 2.75) is 102 Å². The molecule has 0 heterocycles. The number of aliphatic carboxylic acids is 1. The van der Waals surface area contributed by atoms with Crippen molar-refractivity contribution in [3.63, 3.8) is 0 Å². The zero-order chi connectivity index (χ0) is 21.8. The Morgan fingerprint density at radius 1 is 1.00 bits per heavy atom. The third-order valence-electron chi connectivity index (χ3n) is 6.83. The van der Waals surface area contributed by atoms with E-state index in [1.807, 2.05) is 30.3 Å². The minimum Gasteiger partial charge on any atom is -0.481 e. The Hall–Kier alpha value is -1.68. The van der Waals surface area contributed by atoms with E-state index >= 15 is 0 Å². The summed E-state index contributed by atoms with van der Waals surface area (Å²) in [7, 11) is 0. The van der Waals surface area contributed by atoms with Gasteiger partial charge in [0.05, 0.1) is 5.60 Å². The lowest BCUT2D eigenvalue weighted by Gasteiger charge is -2.31. The summed E-state index contributed by atoms with van der Waals surface area (Å²) in [4.78, 5) is 23.1. The maximum Gasteiger partial charge on any atom is 0.303 e. The standard InChI is InChI=1S/C26H40O4/c1-2-3-11-19-26(30,22-12-7-6-8-13-22)20-18-21-16-17-24(27)23(21)14-9-4-5-10-15-25(28)29/h6-8,12-13,21,23,30H,2-5,9-11,14-20H2,1H3,(H,28,29)/t21-,23-,26?/m1/s1. The number of carboxylic acids is 1. The molecule has 0 saturated heterocycles. The number of carbonyl (C=O) groups excluding carboxylic acids is 1. The molecule has 0 aliphatic heterocycles. The van der Waals surface area contributed by atoms with E-state index in [0.29, 0.717) is 24.5 Å². The molecule has 1 aromatic rings. The fourth-order valence-corrected chi connectivity index (χ4v) is 4.97. The smallest absolute Gasteiger partial charge is 0.303 e. The Labute approximate surface area is 182 Å². The normalized spacial score (nSPS) is 20.9. The molecule has 168 valence electrons. The molecule has 1 aromatic carbocycles. The van der Waals surface area contributed by atoms with Crippen LogP contribution in [0.4, 0.5) is 0 Å². The van der Waals surface area contributed by atoms with E-state index in [1.165, 1.54) is 0 Å². The maximum absolute atomic E-state index is 12.5. The lowest BCUT2D eigenvalue weighted by Crippen LogP contribution is -2.27. The molecular formula is C26H40O4. The van der Waals surface area contributed by atoms with Crippen LogP contribution in [0.2, 0.25) is 0 Å². The van der Waals surface area contributed by atoms with E-state index in [4.69, 9.17) is 5.11 Å². The molecule has 0 amide bonds. The maximum atomic E-state index is 12.5. The van der Waals surface area contributed by atoms with E-state index in [0.717, 1.165) is 76.2 Å². The first-order valence-corrected chi connectivity index (χ1v) is 12.0. The summed E-state index contributed by atoms with van der Waals surface area (Å²) in [5.41, 5.74) is 0.198. The van der Waals surface area contributed by atoms with Gasteiger partial charge in [0, 0.05) is 18.8 Å². The monoisotopic (exact) mass is 416 g/mol. The van der Waals surface area contributed by atoms with E-state index in [-0.39, 0.29) is 12.3 Å². The van der Waals surface area contributed by atoms with Crippen molar-refractivity contribution in [2.24, 2.45) is 11.8 Å². The molecule has 2 N–H and O–H groups in total. The van der Waals surface area contributed by atoms with Crippen molar-refractivity contribution in [3.8, 4) is 0 Å². The second-order valence-electron chi connectivity index (χ2n) is 9.11. The Balaban J connectivity index is 1.88.